The van der Waals surface area contributed by atoms with Gasteiger partial charge in [-0.1, -0.05) is 37.3 Å². The molecular formula is C15H15NO3. The first-order valence-corrected chi connectivity index (χ1v) is 6.12. The van der Waals surface area contributed by atoms with Gasteiger partial charge in [-0.25, -0.2) is 4.79 Å². The van der Waals surface area contributed by atoms with E-state index in [0.717, 1.165) is 12.0 Å². The Morgan fingerprint density at radius 2 is 1.74 bits per heavy atom. The third kappa shape index (κ3) is 2.91. The molecule has 0 unspecified atom stereocenters. The third-order valence-electron chi connectivity index (χ3n) is 3.04. The Balaban J connectivity index is 2.37. The molecule has 4 heteroatoms. The van der Waals surface area contributed by atoms with Crippen molar-refractivity contribution in [2.45, 2.75) is 19.9 Å². The molecule has 2 aromatic rings. The van der Waals surface area contributed by atoms with E-state index < -0.39 is 5.97 Å². The fraction of sp³-hybridized carbons (Fsp3) is 0.200. The number of carboxylic acids is 1. The Bertz CT molecular complexity index is 641. The van der Waals surface area contributed by atoms with Crippen molar-refractivity contribution in [2.24, 2.45) is 0 Å². The topological polar surface area (TPSA) is 59.3 Å². The monoisotopic (exact) mass is 257 g/mol. The summed E-state index contributed by atoms with van der Waals surface area (Å²) < 4.78 is 1.27. The molecule has 1 aromatic carbocycles. The first-order chi connectivity index (χ1) is 9.11. The number of pyridine rings is 1. The maximum absolute atomic E-state index is 11.8. The molecule has 98 valence electrons. The molecule has 1 heterocycles. The molecule has 0 aliphatic carbocycles. The van der Waals surface area contributed by atoms with Crippen LogP contribution in [0, 0.1) is 0 Å². The van der Waals surface area contributed by atoms with Crippen molar-refractivity contribution in [3.63, 3.8) is 0 Å². The highest BCUT2D eigenvalue weighted by molar-refractivity contribution is 5.85. The van der Waals surface area contributed by atoms with Gasteiger partial charge in [0.05, 0.1) is 6.54 Å². The van der Waals surface area contributed by atoms with Crippen molar-refractivity contribution in [1.82, 2.24) is 4.57 Å². The van der Waals surface area contributed by atoms with Gasteiger partial charge in [0, 0.05) is 6.07 Å². The van der Waals surface area contributed by atoms with Gasteiger partial charge >= 0.3 is 5.97 Å². The highest BCUT2D eigenvalue weighted by Crippen LogP contribution is 2.07. The summed E-state index contributed by atoms with van der Waals surface area (Å²) in [5, 5.41) is 9.09. The van der Waals surface area contributed by atoms with Crippen molar-refractivity contribution in [2.75, 3.05) is 0 Å². The number of rotatable bonds is 4. The van der Waals surface area contributed by atoms with Crippen LogP contribution in [0.2, 0.25) is 0 Å². The largest absolute Gasteiger partial charge is 0.477 e. The van der Waals surface area contributed by atoms with E-state index in [-0.39, 0.29) is 17.8 Å². The summed E-state index contributed by atoms with van der Waals surface area (Å²) in [5.41, 5.74) is 1.82. The number of aromatic nitrogens is 1. The molecule has 0 aliphatic heterocycles. The maximum Gasteiger partial charge on any atom is 0.352 e. The minimum Gasteiger partial charge on any atom is -0.477 e. The SMILES string of the molecule is CCc1ccc(Cn2c(C(=O)O)cccc2=O)cc1. The number of benzene rings is 1. The van der Waals surface area contributed by atoms with Gasteiger partial charge in [0.1, 0.15) is 5.69 Å². The molecule has 0 radical (unpaired) electrons. The minimum absolute atomic E-state index is 0.00654. The van der Waals surface area contributed by atoms with Crippen molar-refractivity contribution < 1.29 is 9.90 Å². The van der Waals surface area contributed by atoms with E-state index in [1.165, 1.54) is 28.3 Å². The molecule has 2 rings (SSSR count). The molecule has 1 aromatic heterocycles. The normalized spacial score (nSPS) is 10.4. The lowest BCUT2D eigenvalue weighted by molar-refractivity contribution is 0.0684. The number of hydrogen-bond donors (Lipinski definition) is 1. The molecule has 0 saturated carbocycles. The Labute approximate surface area is 110 Å². The van der Waals surface area contributed by atoms with Crippen LogP contribution < -0.4 is 5.56 Å². The number of aryl methyl sites for hydroxylation is 1. The molecular weight excluding hydrogens is 242 g/mol. The highest BCUT2D eigenvalue weighted by Gasteiger charge is 2.10. The van der Waals surface area contributed by atoms with Crippen molar-refractivity contribution in [3.8, 4) is 0 Å². The van der Waals surface area contributed by atoms with Gasteiger partial charge in [-0.05, 0) is 23.6 Å². The first-order valence-electron chi connectivity index (χ1n) is 6.12. The molecule has 0 atom stereocenters. The van der Waals surface area contributed by atoms with E-state index in [4.69, 9.17) is 5.11 Å². The molecule has 0 aliphatic rings. The molecule has 0 spiro atoms. The van der Waals surface area contributed by atoms with Gasteiger partial charge in [-0.15, -0.1) is 0 Å². The van der Waals surface area contributed by atoms with Gasteiger partial charge in [0.25, 0.3) is 5.56 Å². The average Bonchev–Trinajstić information content (AvgIpc) is 2.41. The average molecular weight is 257 g/mol. The summed E-state index contributed by atoms with van der Waals surface area (Å²) in [6, 6.07) is 12.1. The number of aromatic carboxylic acids is 1. The van der Waals surface area contributed by atoms with Crippen LogP contribution in [-0.4, -0.2) is 15.6 Å². The van der Waals surface area contributed by atoms with E-state index in [0.29, 0.717) is 0 Å². The number of nitrogens with zero attached hydrogens (tertiary/aromatic N) is 1. The summed E-state index contributed by atoms with van der Waals surface area (Å²) in [6.07, 6.45) is 0.950. The standard InChI is InChI=1S/C15H15NO3/c1-2-11-6-8-12(9-7-11)10-16-13(15(18)19)4-3-5-14(16)17/h3-9H,2,10H2,1H3,(H,18,19). The van der Waals surface area contributed by atoms with Crippen LogP contribution in [0.1, 0.15) is 28.5 Å². The minimum atomic E-state index is -1.09. The summed E-state index contributed by atoms with van der Waals surface area (Å²) in [6.45, 7) is 2.34. The van der Waals surface area contributed by atoms with Crippen molar-refractivity contribution >= 4 is 5.97 Å². The first kappa shape index (κ1) is 13.1. The molecule has 0 fully saturated rings. The van der Waals surface area contributed by atoms with E-state index in [2.05, 4.69) is 6.92 Å². The fourth-order valence-corrected chi connectivity index (χ4v) is 1.93. The van der Waals surface area contributed by atoms with E-state index in [9.17, 15) is 9.59 Å². The van der Waals surface area contributed by atoms with Crippen LogP contribution in [0.15, 0.2) is 47.3 Å². The second-order valence-corrected chi connectivity index (χ2v) is 4.31. The zero-order chi connectivity index (χ0) is 13.8. The van der Waals surface area contributed by atoms with Gasteiger partial charge in [-0.3, -0.25) is 9.36 Å². The fourth-order valence-electron chi connectivity index (χ4n) is 1.93. The Hall–Kier alpha value is -2.36. The summed E-state index contributed by atoms with van der Waals surface area (Å²) in [4.78, 5) is 22.9. The van der Waals surface area contributed by atoms with Gasteiger partial charge in [-0.2, -0.15) is 0 Å². The lowest BCUT2D eigenvalue weighted by Gasteiger charge is -2.09. The van der Waals surface area contributed by atoms with Crippen LogP contribution in [0.25, 0.3) is 0 Å². The van der Waals surface area contributed by atoms with Crippen molar-refractivity contribution in [1.29, 1.82) is 0 Å². The molecule has 1 N–H and O–H groups in total. The quantitative estimate of drug-likeness (QED) is 0.913. The van der Waals surface area contributed by atoms with Gasteiger partial charge in [0.15, 0.2) is 0 Å². The van der Waals surface area contributed by atoms with Crippen LogP contribution in [0.5, 0.6) is 0 Å². The van der Waals surface area contributed by atoms with Crippen LogP contribution >= 0.6 is 0 Å². The lowest BCUT2D eigenvalue weighted by Crippen LogP contribution is -2.25. The summed E-state index contributed by atoms with van der Waals surface area (Å²) in [7, 11) is 0. The van der Waals surface area contributed by atoms with E-state index >= 15 is 0 Å². The third-order valence-corrected chi connectivity index (χ3v) is 3.04. The lowest BCUT2D eigenvalue weighted by atomic mass is 10.1. The smallest absolute Gasteiger partial charge is 0.352 e. The second kappa shape index (κ2) is 5.52. The zero-order valence-electron chi connectivity index (χ0n) is 10.7. The Kier molecular flexibility index (Phi) is 3.80. The predicted octanol–water partition coefficient (Wildman–Crippen LogP) is 2.16. The van der Waals surface area contributed by atoms with Gasteiger partial charge < -0.3 is 5.11 Å². The van der Waals surface area contributed by atoms with Crippen LogP contribution in [0.3, 0.4) is 0 Å². The predicted molar refractivity (Wildman–Crippen MR) is 72.6 cm³/mol. The molecule has 4 nitrogen and oxygen atoms in total. The Morgan fingerprint density at radius 1 is 1.11 bits per heavy atom. The van der Waals surface area contributed by atoms with E-state index in [1.54, 1.807) is 0 Å². The number of carboxylic acid groups (broad SMARTS) is 1. The van der Waals surface area contributed by atoms with Crippen molar-refractivity contribution in [3.05, 3.63) is 69.6 Å². The number of hydrogen-bond acceptors (Lipinski definition) is 2. The van der Waals surface area contributed by atoms with Gasteiger partial charge in [0.2, 0.25) is 0 Å². The second-order valence-electron chi connectivity index (χ2n) is 4.31. The summed E-state index contributed by atoms with van der Waals surface area (Å²) >= 11 is 0. The Morgan fingerprint density at radius 3 is 2.32 bits per heavy atom. The molecule has 0 amide bonds. The highest BCUT2D eigenvalue weighted by atomic mass is 16.4. The number of carbonyl (C=O) groups is 1. The molecule has 0 saturated heterocycles. The van der Waals surface area contributed by atoms with Crippen LogP contribution in [0.4, 0.5) is 0 Å². The molecule has 0 bridgehead atoms. The molecule has 19 heavy (non-hydrogen) atoms. The zero-order valence-corrected chi connectivity index (χ0v) is 10.7. The summed E-state index contributed by atoms with van der Waals surface area (Å²) in [5.74, 6) is -1.09. The van der Waals surface area contributed by atoms with E-state index in [1.807, 2.05) is 24.3 Å². The maximum atomic E-state index is 11.8. The van der Waals surface area contributed by atoms with Crippen LogP contribution in [-0.2, 0) is 13.0 Å².